The molecule has 120 valence electrons. The minimum Gasteiger partial charge on any atom is -0.348 e. The summed E-state index contributed by atoms with van der Waals surface area (Å²) >= 11 is 2.22. The van der Waals surface area contributed by atoms with Gasteiger partial charge in [-0.1, -0.05) is 30.3 Å². The van der Waals surface area contributed by atoms with Gasteiger partial charge in [-0.3, -0.25) is 4.79 Å². The fraction of sp³-hybridized carbons (Fsp3) is 0.316. The van der Waals surface area contributed by atoms with Crippen LogP contribution in [0.25, 0.3) is 0 Å². The lowest BCUT2D eigenvalue weighted by molar-refractivity contribution is -0.901. The number of amides is 1. The first-order valence-corrected chi connectivity index (χ1v) is 9.24. The van der Waals surface area contributed by atoms with Gasteiger partial charge in [-0.15, -0.1) is 0 Å². The van der Waals surface area contributed by atoms with E-state index in [-0.39, 0.29) is 5.91 Å². The zero-order valence-electron chi connectivity index (χ0n) is 13.1. The van der Waals surface area contributed by atoms with Crippen LogP contribution in [-0.4, -0.2) is 19.0 Å². The maximum Gasteiger partial charge on any atom is 0.251 e. The Morgan fingerprint density at radius 3 is 2.43 bits per heavy atom. The van der Waals surface area contributed by atoms with E-state index in [4.69, 9.17) is 0 Å². The Morgan fingerprint density at radius 1 is 1.04 bits per heavy atom. The third-order valence-corrected chi connectivity index (χ3v) is 5.00. The van der Waals surface area contributed by atoms with E-state index in [1.54, 1.807) is 4.90 Å². The highest BCUT2D eigenvalue weighted by Crippen LogP contribution is 2.08. The third-order valence-electron chi connectivity index (χ3n) is 4.33. The highest BCUT2D eigenvalue weighted by atomic mass is 127. The maximum absolute atomic E-state index is 12.1. The number of rotatable bonds is 5. The van der Waals surface area contributed by atoms with Gasteiger partial charge in [0.1, 0.15) is 6.54 Å². The molecule has 3 nitrogen and oxygen atoms in total. The third kappa shape index (κ3) is 4.78. The van der Waals surface area contributed by atoms with Crippen LogP contribution in [0.5, 0.6) is 0 Å². The minimum absolute atomic E-state index is 0.0193. The smallest absolute Gasteiger partial charge is 0.251 e. The number of carbonyl (C=O) groups excluding carboxylic acids is 1. The SMILES string of the molecule is O=C(NCc1ccc(C[NH+]2CCCC2)cc1)c1cccc(I)c1. The number of benzene rings is 2. The van der Waals surface area contributed by atoms with Gasteiger partial charge < -0.3 is 10.2 Å². The van der Waals surface area contributed by atoms with Crippen molar-refractivity contribution in [3.8, 4) is 0 Å². The van der Waals surface area contributed by atoms with Crippen molar-refractivity contribution in [1.29, 1.82) is 0 Å². The van der Waals surface area contributed by atoms with E-state index in [0.717, 1.165) is 15.7 Å². The molecule has 1 aliphatic heterocycles. The van der Waals surface area contributed by atoms with Gasteiger partial charge in [0, 0.05) is 34.1 Å². The van der Waals surface area contributed by atoms with Crippen LogP contribution in [0.3, 0.4) is 0 Å². The summed E-state index contributed by atoms with van der Waals surface area (Å²) in [5.41, 5.74) is 3.24. The van der Waals surface area contributed by atoms with Crippen LogP contribution in [-0.2, 0) is 13.1 Å². The van der Waals surface area contributed by atoms with Crippen molar-refractivity contribution in [2.45, 2.75) is 25.9 Å². The van der Waals surface area contributed by atoms with E-state index < -0.39 is 0 Å². The van der Waals surface area contributed by atoms with Crippen LogP contribution in [0.15, 0.2) is 48.5 Å². The minimum atomic E-state index is -0.0193. The average Bonchev–Trinajstić information content (AvgIpc) is 3.07. The highest BCUT2D eigenvalue weighted by molar-refractivity contribution is 14.1. The Hall–Kier alpha value is -1.40. The number of halogens is 1. The molecule has 0 spiro atoms. The Bertz CT molecular complexity index is 663. The molecule has 1 amide bonds. The summed E-state index contributed by atoms with van der Waals surface area (Å²) in [7, 11) is 0. The van der Waals surface area contributed by atoms with E-state index >= 15 is 0 Å². The van der Waals surface area contributed by atoms with Gasteiger partial charge in [0.05, 0.1) is 13.1 Å². The van der Waals surface area contributed by atoms with Crippen molar-refractivity contribution in [3.63, 3.8) is 0 Å². The standard InChI is InChI=1S/C19H21IN2O/c20-18-5-3-4-17(12-18)19(23)21-13-15-6-8-16(9-7-15)14-22-10-1-2-11-22/h3-9,12H,1-2,10-11,13-14H2,(H,21,23)/p+1. The summed E-state index contributed by atoms with van der Waals surface area (Å²) in [6.07, 6.45) is 2.72. The zero-order valence-corrected chi connectivity index (χ0v) is 15.3. The fourth-order valence-corrected chi connectivity index (χ4v) is 3.57. The summed E-state index contributed by atoms with van der Waals surface area (Å²) in [5, 5.41) is 2.99. The van der Waals surface area contributed by atoms with Crippen LogP contribution >= 0.6 is 22.6 Å². The molecule has 1 heterocycles. The molecule has 0 atom stereocenters. The second-order valence-electron chi connectivity index (χ2n) is 6.14. The monoisotopic (exact) mass is 421 g/mol. The molecular formula is C19H22IN2O+. The molecule has 3 rings (SSSR count). The topological polar surface area (TPSA) is 33.5 Å². The van der Waals surface area contributed by atoms with E-state index in [1.807, 2.05) is 24.3 Å². The zero-order chi connectivity index (χ0) is 16.1. The van der Waals surface area contributed by atoms with Crippen molar-refractivity contribution < 1.29 is 9.69 Å². The number of quaternary nitrogens is 1. The lowest BCUT2D eigenvalue weighted by Crippen LogP contribution is -3.08. The van der Waals surface area contributed by atoms with Crippen molar-refractivity contribution in [2.75, 3.05) is 13.1 Å². The summed E-state index contributed by atoms with van der Waals surface area (Å²) in [6, 6.07) is 16.3. The Labute approximate surface area is 151 Å². The average molecular weight is 421 g/mol. The number of carbonyl (C=O) groups is 1. The summed E-state index contributed by atoms with van der Waals surface area (Å²) in [4.78, 5) is 13.8. The van der Waals surface area contributed by atoms with Gasteiger partial charge in [0.2, 0.25) is 0 Å². The molecule has 1 saturated heterocycles. The highest BCUT2D eigenvalue weighted by Gasteiger charge is 2.15. The second-order valence-corrected chi connectivity index (χ2v) is 7.39. The second kappa shape index (κ2) is 7.93. The predicted molar refractivity (Wildman–Crippen MR) is 100 cm³/mol. The quantitative estimate of drug-likeness (QED) is 0.715. The largest absolute Gasteiger partial charge is 0.348 e. The van der Waals surface area contributed by atoms with Crippen LogP contribution < -0.4 is 10.2 Å². The first kappa shape index (κ1) is 16.5. The summed E-state index contributed by atoms with van der Waals surface area (Å²) in [5.74, 6) is -0.0193. The Morgan fingerprint density at radius 2 is 1.74 bits per heavy atom. The molecule has 0 aliphatic carbocycles. The Balaban J connectivity index is 1.52. The van der Waals surface area contributed by atoms with Crippen LogP contribution in [0.2, 0.25) is 0 Å². The molecule has 2 aromatic carbocycles. The number of hydrogen-bond acceptors (Lipinski definition) is 1. The van der Waals surface area contributed by atoms with E-state index in [1.165, 1.54) is 31.5 Å². The number of nitrogens with one attached hydrogen (secondary N) is 2. The molecule has 0 bridgehead atoms. The van der Waals surface area contributed by atoms with Crippen LogP contribution in [0, 0.1) is 3.57 Å². The molecule has 4 heteroatoms. The lowest BCUT2D eigenvalue weighted by Gasteiger charge is -2.12. The van der Waals surface area contributed by atoms with Crippen molar-refractivity contribution >= 4 is 28.5 Å². The molecule has 23 heavy (non-hydrogen) atoms. The van der Waals surface area contributed by atoms with E-state index in [2.05, 4.69) is 52.2 Å². The molecule has 0 unspecified atom stereocenters. The predicted octanol–water partition coefficient (Wildman–Crippen LogP) is 2.40. The molecular weight excluding hydrogens is 399 g/mol. The van der Waals surface area contributed by atoms with Crippen LogP contribution in [0.1, 0.15) is 34.3 Å². The van der Waals surface area contributed by atoms with Crippen molar-refractivity contribution in [2.24, 2.45) is 0 Å². The van der Waals surface area contributed by atoms with Gasteiger partial charge in [0.15, 0.2) is 0 Å². The fourth-order valence-electron chi connectivity index (χ4n) is 3.03. The maximum atomic E-state index is 12.1. The first-order chi connectivity index (χ1) is 11.2. The molecule has 0 saturated carbocycles. The normalized spacial score (nSPS) is 14.8. The van der Waals surface area contributed by atoms with Gasteiger partial charge >= 0.3 is 0 Å². The van der Waals surface area contributed by atoms with Crippen molar-refractivity contribution in [3.05, 3.63) is 68.8 Å². The molecule has 1 aliphatic rings. The lowest BCUT2D eigenvalue weighted by atomic mass is 10.1. The van der Waals surface area contributed by atoms with Gasteiger partial charge in [-0.05, 0) is 46.4 Å². The molecule has 1 fully saturated rings. The molecule has 0 radical (unpaired) electrons. The van der Waals surface area contributed by atoms with Gasteiger partial charge in [0.25, 0.3) is 5.91 Å². The van der Waals surface area contributed by atoms with Gasteiger partial charge in [-0.25, -0.2) is 0 Å². The summed E-state index contributed by atoms with van der Waals surface area (Å²) in [6.45, 7) is 4.29. The number of likely N-dealkylation sites (tertiary alicyclic amines) is 1. The summed E-state index contributed by atoms with van der Waals surface area (Å²) < 4.78 is 1.07. The molecule has 2 aromatic rings. The Kier molecular flexibility index (Phi) is 5.67. The van der Waals surface area contributed by atoms with Crippen LogP contribution in [0.4, 0.5) is 0 Å². The van der Waals surface area contributed by atoms with E-state index in [0.29, 0.717) is 12.1 Å². The van der Waals surface area contributed by atoms with Gasteiger partial charge in [-0.2, -0.15) is 0 Å². The van der Waals surface area contributed by atoms with Crippen molar-refractivity contribution in [1.82, 2.24) is 5.32 Å². The molecule has 0 aromatic heterocycles. The molecule has 2 N–H and O–H groups in total. The van der Waals surface area contributed by atoms with E-state index in [9.17, 15) is 4.79 Å². The first-order valence-electron chi connectivity index (χ1n) is 8.16. The number of hydrogen-bond donors (Lipinski definition) is 2.